The summed E-state index contributed by atoms with van der Waals surface area (Å²) in [6.07, 6.45) is 9.63. The van der Waals surface area contributed by atoms with Crippen LogP contribution in [0, 0.1) is 11.8 Å². The van der Waals surface area contributed by atoms with Crippen LogP contribution in [0.15, 0.2) is 23.8 Å². The van der Waals surface area contributed by atoms with E-state index < -0.39 is 0 Å². The van der Waals surface area contributed by atoms with E-state index in [-0.39, 0.29) is 17.9 Å². The van der Waals surface area contributed by atoms with E-state index in [1.807, 2.05) is 0 Å². The molecule has 1 aliphatic carbocycles. The van der Waals surface area contributed by atoms with E-state index in [0.717, 1.165) is 32.4 Å². The Morgan fingerprint density at radius 1 is 1.56 bits per heavy atom. The van der Waals surface area contributed by atoms with Crippen LogP contribution in [0.25, 0.3) is 0 Å². The van der Waals surface area contributed by atoms with Gasteiger partial charge in [-0.2, -0.15) is 0 Å². The molecule has 3 heteroatoms. The number of hydrogen-bond acceptors (Lipinski definition) is 2. The van der Waals surface area contributed by atoms with Gasteiger partial charge in [0.1, 0.15) is 0 Å². The minimum Gasteiger partial charge on any atom is -0.350 e. The molecular weight excluding hydrogens is 224 g/mol. The average Bonchev–Trinajstić information content (AvgIpc) is 2.88. The lowest BCUT2D eigenvalue weighted by Crippen LogP contribution is -2.41. The van der Waals surface area contributed by atoms with Gasteiger partial charge in [0.2, 0.25) is 5.91 Å². The summed E-state index contributed by atoms with van der Waals surface area (Å²) < 4.78 is 0. The molecule has 0 spiro atoms. The number of hydrogen-bond donors (Lipinski definition) is 2. The highest BCUT2D eigenvalue weighted by Gasteiger charge is 2.32. The molecule has 1 aliphatic heterocycles. The number of carbonyl (C=O) groups excluding carboxylic acids is 1. The van der Waals surface area contributed by atoms with E-state index in [0.29, 0.717) is 5.92 Å². The minimum atomic E-state index is 0.150. The van der Waals surface area contributed by atoms with E-state index in [9.17, 15) is 4.79 Å². The molecule has 18 heavy (non-hydrogen) atoms. The van der Waals surface area contributed by atoms with Crippen LogP contribution in [0.5, 0.6) is 0 Å². The largest absolute Gasteiger partial charge is 0.350 e. The number of rotatable bonds is 4. The van der Waals surface area contributed by atoms with Crippen molar-refractivity contribution < 1.29 is 4.79 Å². The molecule has 0 aromatic carbocycles. The van der Waals surface area contributed by atoms with Gasteiger partial charge in [-0.25, -0.2) is 0 Å². The molecular formula is C15H24N2O. The molecule has 1 heterocycles. The molecule has 0 radical (unpaired) electrons. The molecule has 0 aromatic heterocycles. The fraction of sp³-hybridized carbons (Fsp3) is 0.667. The van der Waals surface area contributed by atoms with Crippen LogP contribution in [0.3, 0.4) is 0 Å². The Labute approximate surface area is 110 Å². The highest BCUT2D eigenvalue weighted by atomic mass is 16.2. The van der Waals surface area contributed by atoms with E-state index in [1.165, 1.54) is 5.57 Å². The fourth-order valence-corrected chi connectivity index (χ4v) is 2.86. The Hall–Kier alpha value is -1.09. The van der Waals surface area contributed by atoms with Gasteiger partial charge >= 0.3 is 0 Å². The zero-order chi connectivity index (χ0) is 13.0. The predicted octanol–water partition coefficient (Wildman–Crippen LogP) is 2.01. The smallest absolute Gasteiger partial charge is 0.225 e. The van der Waals surface area contributed by atoms with Crippen molar-refractivity contribution in [1.29, 1.82) is 0 Å². The lowest BCUT2D eigenvalue weighted by atomic mass is 9.92. The first kappa shape index (κ1) is 13.3. The van der Waals surface area contributed by atoms with E-state index in [2.05, 4.69) is 42.7 Å². The maximum Gasteiger partial charge on any atom is 0.225 e. The first-order valence-electron chi connectivity index (χ1n) is 7.09. The molecule has 0 saturated carbocycles. The number of nitrogens with one attached hydrogen (secondary N) is 2. The van der Waals surface area contributed by atoms with Gasteiger partial charge in [-0.1, -0.05) is 31.6 Å². The van der Waals surface area contributed by atoms with E-state index in [4.69, 9.17) is 0 Å². The second-order valence-corrected chi connectivity index (χ2v) is 5.37. The molecule has 1 fully saturated rings. The van der Waals surface area contributed by atoms with Crippen molar-refractivity contribution in [3.63, 3.8) is 0 Å². The van der Waals surface area contributed by atoms with Gasteiger partial charge in [0, 0.05) is 12.6 Å². The Kier molecular flexibility index (Phi) is 4.59. The van der Waals surface area contributed by atoms with Crippen LogP contribution in [-0.4, -0.2) is 25.0 Å². The number of allylic oxidation sites excluding steroid dienone is 3. The van der Waals surface area contributed by atoms with Crippen molar-refractivity contribution in [2.75, 3.05) is 13.1 Å². The minimum absolute atomic E-state index is 0.150. The SMILES string of the molecule is CC[C@@H]1CNC[C@H]1C(=O)N[C@@H](C)C1=CC=CCC1. The molecule has 3 nitrogen and oxygen atoms in total. The molecule has 0 unspecified atom stereocenters. The van der Waals surface area contributed by atoms with Crippen molar-refractivity contribution in [3.8, 4) is 0 Å². The Balaban J connectivity index is 1.90. The Bertz CT molecular complexity index is 360. The van der Waals surface area contributed by atoms with Gasteiger partial charge in [0.15, 0.2) is 0 Å². The first-order valence-corrected chi connectivity index (χ1v) is 7.09. The summed E-state index contributed by atoms with van der Waals surface area (Å²) in [6.45, 7) is 6.06. The van der Waals surface area contributed by atoms with Crippen LogP contribution in [-0.2, 0) is 4.79 Å². The molecule has 0 aromatic rings. The molecule has 2 rings (SSSR count). The van der Waals surface area contributed by atoms with Crippen LogP contribution < -0.4 is 10.6 Å². The van der Waals surface area contributed by atoms with E-state index in [1.54, 1.807) is 0 Å². The van der Waals surface area contributed by atoms with Crippen LogP contribution >= 0.6 is 0 Å². The fourth-order valence-electron chi connectivity index (χ4n) is 2.86. The number of amides is 1. The Morgan fingerprint density at radius 2 is 2.39 bits per heavy atom. The topological polar surface area (TPSA) is 41.1 Å². The molecule has 1 amide bonds. The third-order valence-electron chi connectivity index (χ3n) is 4.16. The first-order chi connectivity index (χ1) is 8.72. The molecule has 0 bridgehead atoms. The maximum atomic E-state index is 12.3. The summed E-state index contributed by atoms with van der Waals surface area (Å²) in [5.74, 6) is 0.865. The van der Waals surface area contributed by atoms with Crippen LogP contribution in [0.2, 0.25) is 0 Å². The van der Waals surface area contributed by atoms with Crippen molar-refractivity contribution >= 4 is 5.91 Å². The van der Waals surface area contributed by atoms with Gasteiger partial charge in [-0.3, -0.25) is 4.79 Å². The van der Waals surface area contributed by atoms with Crippen LogP contribution in [0.1, 0.15) is 33.1 Å². The van der Waals surface area contributed by atoms with Crippen molar-refractivity contribution in [1.82, 2.24) is 10.6 Å². The third kappa shape index (κ3) is 3.02. The highest BCUT2D eigenvalue weighted by molar-refractivity contribution is 5.80. The van der Waals surface area contributed by atoms with Gasteiger partial charge in [0.05, 0.1) is 5.92 Å². The van der Waals surface area contributed by atoms with Gasteiger partial charge in [-0.15, -0.1) is 0 Å². The molecule has 100 valence electrons. The number of carbonyl (C=O) groups is 1. The summed E-state index contributed by atoms with van der Waals surface area (Å²) in [4.78, 5) is 12.3. The maximum absolute atomic E-state index is 12.3. The molecule has 2 N–H and O–H groups in total. The molecule has 3 atom stereocenters. The van der Waals surface area contributed by atoms with Crippen molar-refractivity contribution in [2.45, 2.75) is 39.2 Å². The second-order valence-electron chi connectivity index (χ2n) is 5.37. The van der Waals surface area contributed by atoms with Gasteiger partial charge < -0.3 is 10.6 Å². The summed E-state index contributed by atoms with van der Waals surface area (Å²) in [5.41, 5.74) is 1.34. The zero-order valence-corrected chi connectivity index (χ0v) is 11.4. The summed E-state index contributed by atoms with van der Waals surface area (Å²) in [6, 6.07) is 0.167. The molecule has 2 aliphatic rings. The normalized spacial score (nSPS) is 28.9. The summed E-state index contributed by atoms with van der Waals surface area (Å²) >= 11 is 0. The summed E-state index contributed by atoms with van der Waals surface area (Å²) in [7, 11) is 0. The van der Waals surface area contributed by atoms with Crippen molar-refractivity contribution in [3.05, 3.63) is 23.8 Å². The Morgan fingerprint density at radius 3 is 3.06 bits per heavy atom. The zero-order valence-electron chi connectivity index (χ0n) is 11.4. The predicted molar refractivity (Wildman–Crippen MR) is 74.2 cm³/mol. The molecule has 1 saturated heterocycles. The standard InChI is InChI=1S/C15H24N2O/c1-3-12-9-16-10-14(12)15(18)17-11(2)13-7-5-4-6-8-13/h4-5,7,11-12,14,16H,3,6,8-10H2,1-2H3,(H,17,18)/t11-,12+,14+/m0/s1. The van der Waals surface area contributed by atoms with Crippen LogP contribution in [0.4, 0.5) is 0 Å². The van der Waals surface area contributed by atoms with Gasteiger partial charge in [-0.05, 0) is 37.8 Å². The van der Waals surface area contributed by atoms with Crippen molar-refractivity contribution in [2.24, 2.45) is 11.8 Å². The van der Waals surface area contributed by atoms with Gasteiger partial charge in [0.25, 0.3) is 0 Å². The average molecular weight is 248 g/mol. The third-order valence-corrected chi connectivity index (χ3v) is 4.16. The quantitative estimate of drug-likeness (QED) is 0.799. The lowest BCUT2D eigenvalue weighted by molar-refractivity contribution is -0.126. The lowest BCUT2D eigenvalue weighted by Gasteiger charge is -2.23. The second kappa shape index (κ2) is 6.19. The monoisotopic (exact) mass is 248 g/mol. The highest BCUT2D eigenvalue weighted by Crippen LogP contribution is 2.21. The van der Waals surface area contributed by atoms with E-state index >= 15 is 0 Å². The summed E-state index contributed by atoms with van der Waals surface area (Å²) in [5, 5.41) is 6.50.